The van der Waals surface area contributed by atoms with Crippen LogP contribution in [-0.4, -0.2) is 11.0 Å². The molecule has 0 radical (unpaired) electrons. The van der Waals surface area contributed by atoms with E-state index in [1.807, 2.05) is 30.5 Å². The Morgan fingerprint density at radius 1 is 1.00 bits per heavy atom. The van der Waals surface area contributed by atoms with Crippen molar-refractivity contribution < 1.29 is 9.53 Å². The minimum absolute atomic E-state index is 0.364. The minimum atomic E-state index is -0.364. The van der Waals surface area contributed by atoms with Crippen molar-refractivity contribution in [2.24, 2.45) is 0 Å². The molecule has 0 fully saturated rings. The van der Waals surface area contributed by atoms with Crippen LogP contribution in [0, 0.1) is 0 Å². The van der Waals surface area contributed by atoms with Crippen LogP contribution in [0.15, 0.2) is 66.9 Å². The van der Waals surface area contributed by atoms with Gasteiger partial charge in [-0.25, -0.2) is 9.78 Å². The maximum absolute atomic E-state index is 11.5. The van der Waals surface area contributed by atoms with E-state index < -0.39 is 0 Å². The Labute approximate surface area is 170 Å². The highest BCUT2D eigenvalue weighted by molar-refractivity contribution is 7.15. The SMILES string of the molecule is C/C=C/C(=O)Oc1ccc(-c2ccc(-c3ncc(CCCCC)s3)cc2)cc1. The number of hydrogen-bond acceptors (Lipinski definition) is 4. The molecule has 2 aromatic carbocycles. The van der Waals surface area contributed by atoms with Gasteiger partial charge in [-0.3, -0.25) is 0 Å². The summed E-state index contributed by atoms with van der Waals surface area (Å²) >= 11 is 1.78. The fourth-order valence-electron chi connectivity index (χ4n) is 2.91. The van der Waals surface area contributed by atoms with E-state index in [1.54, 1.807) is 24.3 Å². The molecule has 28 heavy (non-hydrogen) atoms. The van der Waals surface area contributed by atoms with Crippen LogP contribution in [0.4, 0.5) is 0 Å². The lowest BCUT2D eigenvalue weighted by Gasteiger charge is -2.05. The summed E-state index contributed by atoms with van der Waals surface area (Å²) in [6.07, 6.45) is 9.94. The number of carbonyl (C=O) groups is 1. The topological polar surface area (TPSA) is 39.2 Å². The lowest BCUT2D eigenvalue weighted by Crippen LogP contribution is -2.03. The molecule has 0 aliphatic rings. The van der Waals surface area contributed by atoms with Gasteiger partial charge in [0.2, 0.25) is 0 Å². The predicted molar refractivity (Wildman–Crippen MR) is 117 cm³/mol. The summed E-state index contributed by atoms with van der Waals surface area (Å²) in [5.74, 6) is 0.180. The van der Waals surface area contributed by atoms with Crippen molar-refractivity contribution >= 4 is 17.3 Å². The van der Waals surface area contributed by atoms with Gasteiger partial charge in [-0.15, -0.1) is 11.3 Å². The zero-order valence-corrected chi connectivity index (χ0v) is 17.2. The first kappa shape index (κ1) is 20.0. The number of allylic oxidation sites excluding steroid dienone is 1. The van der Waals surface area contributed by atoms with Gasteiger partial charge < -0.3 is 4.74 Å². The zero-order valence-electron chi connectivity index (χ0n) is 16.4. The number of thiazole rings is 1. The molecule has 0 bridgehead atoms. The average Bonchev–Trinajstić information content (AvgIpc) is 3.18. The third-order valence-electron chi connectivity index (χ3n) is 4.42. The predicted octanol–water partition coefficient (Wildman–Crippen LogP) is 6.69. The lowest BCUT2D eigenvalue weighted by molar-refractivity contribution is -0.129. The van der Waals surface area contributed by atoms with Crippen molar-refractivity contribution in [3.05, 3.63) is 71.8 Å². The maximum Gasteiger partial charge on any atom is 0.335 e. The Hall–Kier alpha value is -2.72. The van der Waals surface area contributed by atoms with E-state index in [9.17, 15) is 4.79 Å². The quantitative estimate of drug-likeness (QED) is 0.186. The van der Waals surface area contributed by atoms with Crippen LogP contribution in [0.3, 0.4) is 0 Å². The molecule has 3 aromatic rings. The number of aryl methyl sites for hydroxylation is 1. The molecule has 0 saturated heterocycles. The molecule has 0 unspecified atom stereocenters. The number of unbranched alkanes of at least 4 members (excludes halogenated alkanes) is 2. The van der Waals surface area contributed by atoms with Crippen LogP contribution < -0.4 is 4.74 Å². The largest absolute Gasteiger partial charge is 0.423 e. The minimum Gasteiger partial charge on any atom is -0.423 e. The first-order chi connectivity index (χ1) is 13.7. The summed E-state index contributed by atoms with van der Waals surface area (Å²) < 4.78 is 5.23. The molecule has 1 heterocycles. The van der Waals surface area contributed by atoms with E-state index in [2.05, 4.69) is 36.2 Å². The first-order valence-electron chi connectivity index (χ1n) is 9.69. The molecule has 4 heteroatoms. The molecule has 0 amide bonds. The summed E-state index contributed by atoms with van der Waals surface area (Å²) in [6.45, 7) is 4.01. The van der Waals surface area contributed by atoms with E-state index in [-0.39, 0.29) is 5.97 Å². The Bertz CT molecular complexity index is 924. The molecule has 1 aromatic heterocycles. The molecule has 0 N–H and O–H groups in total. The van der Waals surface area contributed by atoms with Crippen LogP contribution in [0.5, 0.6) is 5.75 Å². The zero-order chi connectivity index (χ0) is 19.8. The van der Waals surface area contributed by atoms with Crippen molar-refractivity contribution in [2.75, 3.05) is 0 Å². The summed E-state index contributed by atoms with van der Waals surface area (Å²) in [6, 6.07) is 16.0. The highest BCUT2D eigenvalue weighted by Gasteiger charge is 2.06. The average molecular weight is 392 g/mol. The first-order valence-corrected chi connectivity index (χ1v) is 10.5. The number of aromatic nitrogens is 1. The summed E-state index contributed by atoms with van der Waals surface area (Å²) in [5.41, 5.74) is 3.35. The van der Waals surface area contributed by atoms with Gasteiger partial charge in [0.25, 0.3) is 0 Å². The van der Waals surface area contributed by atoms with Crippen molar-refractivity contribution in [1.29, 1.82) is 0 Å². The van der Waals surface area contributed by atoms with Crippen LogP contribution in [0.25, 0.3) is 21.7 Å². The van der Waals surface area contributed by atoms with E-state index in [0.717, 1.165) is 28.1 Å². The fraction of sp³-hybridized carbons (Fsp3) is 0.250. The summed E-state index contributed by atoms with van der Waals surface area (Å²) in [7, 11) is 0. The molecule has 0 spiro atoms. The van der Waals surface area contributed by atoms with Crippen LogP contribution in [0.1, 0.15) is 38.0 Å². The number of hydrogen-bond donors (Lipinski definition) is 0. The van der Waals surface area contributed by atoms with E-state index in [0.29, 0.717) is 5.75 Å². The molecule has 144 valence electrons. The molecule has 0 saturated carbocycles. The number of nitrogens with zero attached hydrogens (tertiary/aromatic N) is 1. The van der Waals surface area contributed by atoms with Gasteiger partial charge in [0, 0.05) is 22.7 Å². The molecule has 0 atom stereocenters. The second-order valence-corrected chi connectivity index (χ2v) is 7.73. The number of benzene rings is 2. The lowest BCUT2D eigenvalue weighted by atomic mass is 10.0. The van der Waals surface area contributed by atoms with Gasteiger partial charge in [0.05, 0.1) is 0 Å². The van der Waals surface area contributed by atoms with Crippen LogP contribution in [0.2, 0.25) is 0 Å². The highest BCUT2D eigenvalue weighted by atomic mass is 32.1. The van der Waals surface area contributed by atoms with Crippen molar-refractivity contribution in [2.45, 2.75) is 39.5 Å². The molecule has 0 aliphatic carbocycles. The number of esters is 1. The molecular formula is C24H25NO2S. The third-order valence-corrected chi connectivity index (χ3v) is 5.53. The Morgan fingerprint density at radius 3 is 2.29 bits per heavy atom. The van der Waals surface area contributed by atoms with Gasteiger partial charge in [-0.2, -0.15) is 0 Å². The van der Waals surface area contributed by atoms with Gasteiger partial charge >= 0.3 is 5.97 Å². The summed E-state index contributed by atoms with van der Waals surface area (Å²) in [5, 5.41) is 1.07. The van der Waals surface area contributed by atoms with E-state index >= 15 is 0 Å². The van der Waals surface area contributed by atoms with Gasteiger partial charge in [0.15, 0.2) is 0 Å². The monoisotopic (exact) mass is 391 g/mol. The van der Waals surface area contributed by atoms with Crippen LogP contribution >= 0.6 is 11.3 Å². The molecular weight excluding hydrogens is 366 g/mol. The molecule has 3 rings (SSSR count). The summed E-state index contributed by atoms with van der Waals surface area (Å²) in [4.78, 5) is 17.4. The standard InChI is InChI=1S/C24H25NO2S/c1-3-5-6-8-22-17-25-24(28-22)20-11-9-18(10-12-20)19-13-15-21(16-14-19)27-23(26)7-4-2/h4,7,9-17H,3,5-6,8H2,1-2H3/b7-4+. The third kappa shape index (κ3) is 5.40. The number of rotatable bonds is 8. The Morgan fingerprint density at radius 2 is 1.64 bits per heavy atom. The molecule has 3 nitrogen and oxygen atoms in total. The van der Waals surface area contributed by atoms with Crippen LogP contribution in [-0.2, 0) is 11.2 Å². The maximum atomic E-state index is 11.5. The Balaban J connectivity index is 1.66. The van der Waals surface area contributed by atoms with Gasteiger partial charge in [-0.05, 0) is 43.0 Å². The number of ether oxygens (including phenoxy) is 1. The number of carbonyl (C=O) groups excluding carboxylic acids is 1. The van der Waals surface area contributed by atoms with E-state index in [4.69, 9.17) is 4.74 Å². The Kier molecular flexibility index (Phi) is 7.15. The smallest absolute Gasteiger partial charge is 0.335 e. The fourth-order valence-corrected chi connectivity index (χ4v) is 3.87. The molecule has 0 aliphatic heterocycles. The normalized spacial score (nSPS) is 11.1. The van der Waals surface area contributed by atoms with Gasteiger partial charge in [0.1, 0.15) is 10.8 Å². The van der Waals surface area contributed by atoms with Crippen molar-refractivity contribution in [1.82, 2.24) is 4.98 Å². The second kappa shape index (κ2) is 10.00. The highest BCUT2D eigenvalue weighted by Crippen LogP contribution is 2.29. The van der Waals surface area contributed by atoms with Gasteiger partial charge in [-0.1, -0.05) is 62.2 Å². The van der Waals surface area contributed by atoms with Crippen molar-refractivity contribution in [3.63, 3.8) is 0 Å². The van der Waals surface area contributed by atoms with Crippen molar-refractivity contribution in [3.8, 4) is 27.4 Å². The van der Waals surface area contributed by atoms with E-state index in [1.165, 1.54) is 30.2 Å². The second-order valence-electron chi connectivity index (χ2n) is 6.61.